The molecule has 0 radical (unpaired) electrons. The van der Waals surface area contributed by atoms with E-state index in [0.717, 1.165) is 16.5 Å². The van der Waals surface area contributed by atoms with Gasteiger partial charge in [-0.1, -0.05) is 0 Å². The number of alkyl halides is 2. The Morgan fingerprint density at radius 3 is 2.60 bits per heavy atom. The molecule has 4 nitrogen and oxygen atoms in total. The minimum absolute atomic E-state index is 0.329. The summed E-state index contributed by atoms with van der Waals surface area (Å²) in [6.07, 6.45) is 0.289. The number of fused-ring (bicyclic) bond motifs is 1. The van der Waals surface area contributed by atoms with Crippen molar-refractivity contribution in [3.05, 3.63) is 65.9 Å². The van der Waals surface area contributed by atoms with Gasteiger partial charge in [-0.05, 0) is 48.9 Å². The van der Waals surface area contributed by atoms with E-state index in [0.29, 0.717) is 17.1 Å². The monoisotopic (exact) mass is 342 g/mol. The third-order valence-corrected chi connectivity index (χ3v) is 4.06. The fourth-order valence-corrected chi connectivity index (χ4v) is 2.86. The van der Waals surface area contributed by atoms with E-state index in [1.807, 2.05) is 19.1 Å². The van der Waals surface area contributed by atoms with Gasteiger partial charge in [-0.25, -0.2) is 18.2 Å². The molecule has 2 aromatic heterocycles. The molecule has 4 aromatic rings. The summed E-state index contributed by atoms with van der Waals surface area (Å²) in [7, 11) is 0. The number of aromatic nitrogens is 4. The highest BCUT2D eigenvalue weighted by molar-refractivity contribution is 5.83. The molecule has 0 aliphatic carbocycles. The number of nitrogens with one attached hydrogen (secondary N) is 1. The molecule has 0 atom stereocenters. The lowest BCUT2D eigenvalue weighted by molar-refractivity contribution is 0.146. The molecule has 2 heterocycles. The van der Waals surface area contributed by atoms with Crippen molar-refractivity contribution in [1.29, 1.82) is 0 Å². The maximum absolute atomic E-state index is 13.2. The van der Waals surface area contributed by atoms with Crippen molar-refractivity contribution in [2.24, 2.45) is 0 Å². The minimum atomic E-state index is -2.70. The van der Waals surface area contributed by atoms with E-state index in [9.17, 15) is 13.2 Å². The maximum atomic E-state index is 13.2. The van der Waals surface area contributed by atoms with E-state index in [1.165, 1.54) is 30.5 Å². The second kappa shape index (κ2) is 5.77. The molecular formula is C18H13F3N4. The standard InChI is InChI=1S/C18H13F3N4/c1-10-6-14(7-12-8-22-24-16(10)12)25-9-15(17(20)21)23-18(25)11-2-4-13(19)5-3-11/h2-9,17H,1H3,(H,22,24). The highest BCUT2D eigenvalue weighted by Crippen LogP contribution is 2.29. The maximum Gasteiger partial charge on any atom is 0.281 e. The Kier molecular flexibility index (Phi) is 3.56. The molecule has 0 aliphatic heterocycles. The molecule has 0 spiro atoms. The van der Waals surface area contributed by atoms with Crippen LogP contribution in [0.25, 0.3) is 28.0 Å². The van der Waals surface area contributed by atoms with E-state index in [2.05, 4.69) is 15.2 Å². The Bertz CT molecular complexity index is 1050. The van der Waals surface area contributed by atoms with Crippen molar-refractivity contribution >= 4 is 10.9 Å². The average molecular weight is 342 g/mol. The molecule has 1 N–H and O–H groups in total. The molecule has 0 bridgehead atoms. The Labute approximate surface area is 140 Å². The third kappa shape index (κ3) is 2.67. The van der Waals surface area contributed by atoms with Crippen LogP contribution in [-0.4, -0.2) is 19.7 Å². The van der Waals surface area contributed by atoms with Crippen molar-refractivity contribution in [2.45, 2.75) is 13.3 Å². The van der Waals surface area contributed by atoms with Crippen LogP contribution < -0.4 is 0 Å². The van der Waals surface area contributed by atoms with Gasteiger partial charge in [0, 0.05) is 22.8 Å². The Morgan fingerprint density at radius 2 is 1.88 bits per heavy atom. The fraction of sp³-hybridized carbons (Fsp3) is 0.111. The topological polar surface area (TPSA) is 46.5 Å². The number of aryl methyl sites for hydroxylation is 1. The first-order chi connectivity index (χ1) is 12.0. The first-order valence-electron chi connectivity index (χ1n) is 7.60. The smallest absolute Gasteiger partial charge is 0.281 e. The van der Waals surface area contributed by atoms with Gasteiger partial charge >= 0.3 is 0 Å². The van der Waals surface area contributed by atoms with Crippen LogP contribution in [0.2, 0.25) is 0 Å². The number of aromatic amines is 1. The summed E-state index contributed by atoms with van der Waals surface area (Å²) in [5.74, 6) is -0.0656. The van der Waals surface area contributed by atoms with Crippen LogP contribution in [0, 0.1) is 12.7 Å². The van der Waals surface area contributed by atoms with Gasteiger partial charge in [0.15, 0.2) is 0 Å². The summed E-state index contributed by atoms with van der Waals surface area (Å²) in [5, 5.41) is 7.78. The lowest BCUT2D eigenvalue weighted by atomic mass is 10.1. The number of rotatable bonds is 3. The lowest BCUT2D eigenvalue weighted by Gasteiger charge is -2.09. The number of H-pyrrole nitrogens is 1. The van der Waals surface area contributed by atoms with Crippen molar-refractivity contribution in [1.82, 2.24) is 19.7 Å². The van der Waals surface area contributed by atoms with Crippen molar-refractivity contribution in [2.75, 3.05) is 0 Å². The van der Waals surface area contributed by atoms with Gasteiger partial charge in [-0.3, -0.25) is 9.67 Å². The van der Waals surface area contributed by atoms with Crippen LogP contribution in [0.4, 0.5) is 13.2 Å². The zero-order valence-electron chi connectivity index (χ0n) is 13.2. The molecule has 2 aromatic carbocycles. The van der Waals surface area contributed by atoms with Crippen LogP contribution in [-0.2, 0) is 0 Å². The van der Waals surface area contributed by atoms with Gasteiger partial charge in [0.1, 0.15) is 17.3 Å². The molecule has 0 aliphatic rings. The van der Waals surface area contributed by atoms with E-state index < -0.39 is 12.2 Å². The Hall–Kier alpha value is -3.09. The second-order valence-corrected chi connectivity index (χ2v) is 5.76. The van der Waals surface area contributed by atoms with Gasteiger partial charge in [-0.2, -0.15) is 5.10 Å². The first kappa shape index (κ1) is 15.4. The average Bonchev–Trinajstić information content (AvgIpc) is 3.22. The summed E-state index contributed by atoms with van der Waals surface area (Å²) in [5.41, 5.74) is 2.73. The van der Waals surface area contributed by atoms with Crippen LogP contribution in [0.15, 0.2) is 48.8 Å². The predicted molar refractivity (Wildman–Crippen MR) is 88.3 cm³/mol. The minimum Gasteiger partial charge on any atom is -0.299 e. The predicted octanol–water partition coefficient (Wildman–Crippen LogP) is 4.80. The quantitative estimate of drug-likeness (QED) is 0.581. The van der Waals surface area contributed by atoms with Crippen molar-refractivity contribution < 1.29 is 13.2 Å². The highest BCUT2D eigenvalue weighted by atomic mass is 19.3. The third-order valence-electron chi connectivity index (χ3n) is 4.06. The Morgan fingerprint density at radius 1 is 1.12 bits per heavy atom. The normalized spacial score (nSPS) is 11.6. The molecule has 0 amide bonds. The summed E-state index contributed by atoms with van der Waals surface area (Å²) in [4.78, 5) is 4.05. The fourth-order valence-electron chi connectivity index (χ4n) is 2.86. The molecule has 0 saturated carbocycles. The largest absolute Gasteiger partial charge is 0.299 e. The van der Waals surface area contributed by atoms with Crippen LogP contribution in [0.3, 0.4) is 0 Å². The van der Waals surface area contributed by atoms with E-state index >= 15 is 0 Å². The number of imidazole rings is 1. The van der Waals surface area contributed by atoms with Crippen molar-refractivity contribution in [3.63, 3.8) is 0 Å². The van der Waals surface area contributed by atoms with E-state index in [-0.39, 0.29) is 5.69 Å². The molecule has 25 heavy (non-hydrogen) atoms. The Balaban J connectivity index is 1.94. The number of hydrogen-bond acceptors (Lipinski definition) is 2. The van der Waals surface area contributed by atoms with Gasteiger partial charge in [0.05, 0.1) is 11.7 Å². The van der Waals surface area contributed by atoms with Crippen LogP contribution in [0.5, 0.6) is 0 Å². The molecule has 4 rings (SSSR count). The van der Waals surface area contributed by atoms with Gasteiger partial charge in [0.25, 0.3) is 6.43 Å². The van der Waals surface area contributed by atoms with Crippen molar-refractivity contribution in [3.8, 4) is 17.1 Å². The molecule has 0 unspecified atom stereocenters. The molecule has 0 fully saturated rings. The number of halogens is 3. The summed E-state index contributed by atoms with van der Waals surface area (Å²) in [6.45, 7) is 1.91. The number of nitrogens with zero attached hydrogens (tertiary/aromatic N) is 3. The summed E-state index contributed by atoms with van der Waals surface area (Å²) in [6, 6.07) is 9.31. The molecule has 126 valence electrons. The molecule has 0 saturated heterocycles. The lowest BCUT2D eigenvalue weighted by Crippen LogP contribution is -1.97. The van der Waals surface area contributed by atoms with Gasteiger partial charge in [-0.15, -0.1) is 0 Å². The highest BCUT2D eigenvalue weighted by Gasteiger charge is 2.18. The second-order valence-electron chi connectivity index (χ2n) is 5.76. The van der Waals surface area contributed by atoms with E-state index in [1.54, 1.807) is 10.8 Å². The zero-order chi connectivity index (χ0) is 17.6. The SMILES string of the molecule is Cc1cc(-n2cc(C(F)F)nc2-c2ccc(F)cc2)cc2cn[nH]c12. The summed E-state index contributed by atoms with van der Waals surface area (Å²) < 4.78 is 41.2. The molecular weight excluding hydrogens is 329 g/mol. The van der Waals surface area contributed by atoms with Gasteiger partial charge in [0.2, 0.25) is 0 Å². The van der Waals surface area contributed by atoms with Crippen LogP contribution in [0.1, 0.15) is 17.7 Å². The first-order valence-corrected chi connectivity index (χ1v) is 7.60. The molecule has 7 heteroatoms. The number of hydrogen-bond donors (Lipinski definition) is 1. The van der Waals surface area contributed by atoms with E-state index in [4.69, 9.17) is 0 Å². The summed E-state index contributed by atoms with van der Waals surface area (Å²) >= 11 is 0. The van der Waals surface area contributed by atoms with Gasteiger partial charge < -0.3 is 0 Å². The number of benzene rings is 2. The van der Waals surface area contributed by atoms with Crippen LogP contribution >= 0.6 is 0 Å². The zero-order valence-corrected chi connectivity index (χ0v) is 13.2.